The smallest absolute Gasteiger partial charge is 0.275 e. The number of nitrogens with one attached hydrogen (secondary N) is 1. The number of ether oxygens (including phenoxy) is 1. The molecule has 2 rings (SSSR count). The van der Waals surface area contributed by atoms with Crippen molar-refractivity contribution in [3.05, 3.63) is 38.3 Å². The summed E-state index contributed by atoms with van der Waals surface area (Å²) in [4.78, 5) is 10.6. The Labute approximate surface area is 114 Å². The average molecular weight is 315 g/mol. The van der Waals surface area contributed by atoms with Gasteiger partial charge in [-0.3, -0.25) is 10.1 Å². The summed E-state index contributed by atoms with van der Waals surface area (Å²) in [7, 11) is 1.71. The molecular formula is C12H15BrN2O3. The zero-order valence-corrected chi connectivity index (χ0v) is 11.6. The maximum Gasteiger partial charge on any atom is 0.275 e. The van der Waals surface area contributed by atoms with Gasteiger partial charge in [0.15, 0.2) is 0 Å². The fourth-order valence-corrected chi connectivity index (χ4v) is 2.38. The molecule has 0 atom stereocenters. The van der Waals surface area contributed by atoms with Crippen molar-refractivity contribution in [3.8, 4) is 0 Å². The molecule has 0 bridgehead atoms. The number of benzene rings is 1. The van der Waals surface area contributed by atoms with Gasteiger partial charge in [0.2, 0.25) is 0 Å². The maximum atomic E-state index is 10.9. The van der Waals surface area contributed by atoms with Gasteiger partial charge in [-0.15, -0.1) is 0 Å². The van der Waals surface area contributed by atoms with Gasteiger partial charge in [-0.05, 0) is 25.0 Å². The zero-order chi connectivity index (χ0) is 13.1. The van der Waals surface area contributed by atoms with Gasteiger partial charge in [0.05, 0.1) is 11.0 Å². The number of methoxy groups -OCH3 is 1. The molecule has 1 aromatic rings. The van der Waals surface area contributed by atoms with E-state index in [1.807, 2.05) is 6.07 Å². The Morgan fingerprint density at radius 3 is 2.89 bits per heavy atom. The summed E-state index contributed by atoms with van der Waals surface area (Å²) < 4.78 is 5.91. The first-order valence-electron chi connectivity index (χ1n) is 5.79. The van der Waals surface area contributed by atoms with Crippen molar-refractivity contribution in [2.45, 2.75) is 31.5 Å². The standard InChI is InChI=1S/C12H15BrN2O3/c1-18-11-5-10(6-11)14-7-8-2-3-9(13)4-12(8)15(16)17/h2-4,10-11,14H,5-7H2,1H3. The third-order valence-electron chi connectivity index (χ3n) is 3.25. The van der Waals surface area contributed by atoms with E-state index >= 15 is 0 Å². The van der Waals surface area contributed by atoms with Crippen LogP contribution >= 0.6 is 15.9 Å². The van der Waals surface area contributed by atoms with E-state index in [4.69, 9.17) is 4.74 Å². The Balaban J connectivity index is 1.95. The minimum Gasteiger partial charge on any atom is -0.381 e. The van der Waals surface area contributed by atoms with E-state index in [-0.39, 0.29) is 10.6 Å². The second kappa shape index (κ2) is 5.77. The van der Waals surface area contributed by atoms with E-state index in [0.29, 0.717) is 24.3 Å². The van der Waals surface area contributed by atoms with Crippen LogP contribution in [0.15, 0.2) is 22.7 Å². The van der Waals surface area contributed by atoms with Gasteiger partial charge >= 0.3 is 0 Å². The number of hydrogen-bond donors (Lipinski definition) is 1. The molecule has 0 aromatic heterocycles. The Hall–Kier alpha value is -0.980. The Morgan fingerprint density at radius 1 is 1.56 bits per heavy atom. The van der Waals surface area contributed by atoms with Crippen LogP contribution in [0.1, 0.15) is 18.4 Å². The lowest BCUT2D eigenvalue weighted by Crippen LogP contribution is -2.44. The second-order valence-electron chi connectivity index (χ2n) is 4.44. The summed E-state index contributed by atoms with van der Waals surface area (Å²) in [5.74, 6) is 0. The lowest BCUT2D eigenvalue weighted by molar-refractivity contribution is -0.385. The second-order valence-corrected chi connectivity index (χ2v) is 5.35. The van der Waals surface area contributed by atoms with E-state index in [1.165, 1.54) is 6.07 Å². The van der Waals surface area contributed by atoms with E-state index in [0.717, 1.165) is 17.3 Å². The largest absolute Gasteiger partial charge is 0.381 e. The molecular weight excluding hydrogens is 300 g/mol. The molecule has 1 aliphatic carbocycles. The topological polar surface area (TPSA) is 64.4 Å². The van der Waals surface area contributed by atoms with Crippen LogP contribution in [0.25, 0.3) is 0 Å². The SMILES string of the molecule is COC1CC(NCc2ccc(Br)cc2[N+](=O)[O-])C1. The van der Waals surface area contributed by atoms with Crippen LogP contribution in [0, 0.1) is 10.1 Å². The molecule has 0 unspecified atom stereocenters. The van der Waals surface area contributed by atoms with Crippen molar-refractivity contribution < 1.29 is 9.66 Å². The molecule has 0 saturated heterocycles. The normalized spacial score (nSPS) is 22.6. The zero-order valence-electron chi connectivity index (χ0n) is 10.1. The molecule has 1 aliphatic rings. The summed E-state index contributed by atoms with van der Waals surface area (Å²) in [6, 6.07) is 5.54. The van der Waals surface area contributed by atoms with Crippen molar-refractivity contribution in [2.75, 3.05) is 7.11 Å². The number of rotatable bonds is 5. The first-order chi connectivity index (χ1) is 8.60. The van der Waals surface area contributed by atoms with E-state index in [9.17, 15) is 10.1 Å². The Bertz CT molecular complexity index is 447. The summed E-state index contributed by atoms with van der Waals surface area (Å²) in [5.41, 5.74) is 0.864. The average Bonchev–Trinajstić information content (AvgIpc) is 2.28. The number of halogens is 1. The maximum absolute atomic E-state index is 10.9. The highest BCUT2D eigenvalue weighted by Gasteiger charge is 2.28. The first kappa shape index (κ1) is 13.5. The summed E-state index contributed by atoms with van der Waals surface area (Å²) in [5, 5.41) is 14.3. The number of nitro benzene ring substituents is 1. The molecule has 1 saturated carbocycles. The van der Waals surface area contributed by atoms with Gasteiger partial charge in [-0.2, -0.15) is 0 Å². The van der Waals surface area contributed by atoms with Crippen LogP contribution in [-0.4, -0.2) is 24.2 Å². The molecule has 98 valence electrons. The monoisotopic (exact) mass is 314 g/mol. The van der Waals surface area contributed by atoms with Gasteiger partial charge in [-0.1, -0.05) is 15.9 Å². The molecule has 1 N–H and O–H groups in total. The van der Waals surface area contributed by atoms with Gasteiger partial charge in [0.1, 0.15) is 0 Å². The van der Waals surface area contributed by atoms with E-state index in [1.54, 1.807) is 13.2 Å². The van der Waals surface area contributed by atoms with E-state index < -0.39 is 0 Å². The van der Waals surface area contributed by atoms with Crippen molar-refractivity contribution in [3.63, 3.8) is 0 Å². The van der Waals surface area contributed by atoms with Gasteiger partial charge in [0, 0.05) is 35.8 Å². The number of nitro groups is 1. The molecule has 6 heteroatoms. The molecule has 5 nitrogen and oxygen atoms in total. The Morgan fingerprint density at radius 2 is 2.28 bits per heavy atom. The third-order valence-corrected chi connectivity index (χ3v) is 3.75. The van der Waals surface area contributed by atoms with Crippen LogP contribution in [0.2, 0.25) is 0 Å². The number of hydrogen-bond acceptors (Lipinski definition) is 4. The molecule has 0 radical (unpaired) electrons. The molecule has 18 heavy (non-hydrogen) atoms. The number of nitrogens with zero attached hydrogens (tertiary/aromatic N) is 1. The fraction of sp³-hybridized carbons (Fsp3) is 0.500. The predicted octanol–water partition coefficient (Wildman–Crippen LogP) is 2.62. The lowest BCUT2D eigenvalue weighted by atomic mass is 9.89. The highest BCUT2D eigenvalue weighted by atomic mass is 79.9. The fourth-order valence-electron chi connectivity index (χ4n) is 2.04. The minimum absolute atomic E-state index is 0.152. The van der Waals surface area contributed by atoms with Crippen LogP contribution in [0.5, 0.6) is 0 Å². The highest BCUT2D eigenvalue weighted by Crippen LogP contribution is 2.26. The van der Waals surface area contributed by atoms with Crippen molar-refractivity contribution in [1.82, 2.24) is 5.32 Å². The molecule has 1 fully saturated rings. The van der Waals surface area contributed by atoms with E-state index in [2.05, 4.69) is 21.2 Å². The minimum atomic E-state index is -0.347. The summed E-state index contributed by atoms with van der Waals surface area (Å²) in [6.45, 7) is 0.519. The lowest BCUT2D eigenvalue weighted by Gasteiger charge is -2.34. The molecule has 0 spiro atoms. The van der Waals surface area contributed by atoms with Crippen LogP contribution in [0.3, 0.4) is 0 Å². The molecule has 1 aromatic carbocycles. The third kappa shape index (κ3) is 3.07. The predicted molar refractivity (Wildman–Crippen MR) is 71.5 cm³/mol. The molecule has 0 amide bonds. The van der Waals surface area contributed by atoms with Crippen molar-refractivity contribution >= 4 is 21.6 Å². The van der Waals surface area contributed by atoms with Gasteiger partial charge in [-0.25, -0.2) is 0 Å². The Kier molecular flexibility index (Phi) is 4.31. The summed E-state index contributed by atoms with van der Waals surface area (Å²) in [6.07, 6.45) is 2.28. The van der Waals surface area contributed by atoms with Crippen molar-refractivity contribution in [1.29, 1.82) is 0 Å². The van der Waals surface area contributed by atoms with Gasteiger partial charge in [0.25, 0.3) is 5.69 Å². The summed E-state index contributed by atoms with van der Waals surface area (Å²) >= 11 is 3.25. The molecule has 0 aliphatic heterocycles. The van der Waals surface area contributed by atoms with Crippen LogP contribution in [0.4, 0.5) is 5.69 Å². The first-order valence-corrected chi connectivity index (χ1v) is 6.58. The highest BCUT2D eigenvalue weighted by molar-refractivity contribution is 9.10. The quantitative estimate of drug-likeness (QED) is 0.670. The van der Waals surface area contributed by atoms with Crippen LogP contribution in [-0.2, 0) is 11.3 Å². The van der Waals surface area contributed by atoms with Gasteiger partial charge < -0.3 is 10.1 Å². The van der Waals surface area contributed by atoms with Crippen LogP contribution < -0.4 is 5.32 Å². The van der Waals surface area contributed by atoms with Crippen molar-refractivity contribution in [2.24, 2.45) is 0 Å². The molecule has 0 heterocycles.